The second-order valence-corrected chi connectivity index (χ2v) is 6.51. The lowest BCUT2D eigenvalue weighted by atomic mass is 9.95. The number of hydrogen-bond donors (Lipinski definition) is 4. The zero-order valence-electron chi connectivity index (χ0n) is 14.4. The van der Waals surface area contributed by atoms with E-state index in [1.54, 1.807) is 0 Å². The van der Waals surface area contributed by atoms with Gasteiger partial charge in [0.25, 0.3) is 0 Å². The molecule has 6 N–H and O–H groups in total. The van der Waals surface area contributed by atoms with Gasteiger partial charge in [0.1, 0.15) is 5.66 Å². The predicted molar refractivity (Wildman–Crippen MR) is 90.8 cm³/mol. The molecule has 0 spiro atoms. The summed E-state index contributed by atoms with van der Waals surface area (Å²) in [5.74, 6) is -1.83. The Morgan fingerprint density at radius 3 is 1.91 bits per heavy atom. The van der Waals surface area contributed by atoms with Crippen molar-refractivity contribution in [2.24, 2.45) is 11.5 Å². The van der Waals surface area contributed by atoms with Crippen LogP contribution in [0, 0.1) is 0 Å². The second-order valence-electron chi connectivity index (χ2n) is 6.51. The molecule has 0 aromatic heterocycles. The zero-order chi connectivity index (χ0) is 17.7. The number of carbonyl (C=O) groups excluding carboxylic acids is 1. The molecule has 0 aliphatic rings. The molecular weight excluding hydrogens is 296 g/mol. The molecule has 0 aromatic carbocycles. The lowest BCUT2D eigenvalue weighted by Crippen LogP contribution is -2.58. The number of carbonyl (C=O) groups is 2. The first-order valence-corrected chi connectivity index (χ1v) is 8.80. The summed E-state index contributed by atoms with van der Waals surface area (Å²) in [5, 5.41) is 18.5. The number of carboxylic acid groups (broad SMARTS) is 1. The number of aliphatic hydroxyl groups excluding tert-OH is 1. The number of rotatable bonds is 15. The van der Waals surface area contributed by atoms with E-state index in [0.717, 1.165) is 19.3 Å². The van der Waals surface area contributed by atoms with E-state index in [-0.39, 0.29) is 6.42 Å². The maximum absolute atomic E-state index is 11.8. The predicted octanol–water partition coefficient (Wildman–Crippen LogP) is 2.32. The molecule has 0 aromatic rings. The Kier molecular flexibility index (Phi) is 11.9. The third kappa shape index (κ3) is 12.1. The van der Waals surface area contributed by atoms with Crippen molar-refractivity contribution in [1.29, 1.82) is 0 Å². The number of unbranched alkanes of at least 4 members (excludes halogenated alkanes) is 8. The van der Waals surface area contributed by atoms with Gasteiger partial charge in [-0.15, -0.1) is 0 Å². The molecule has 1 atom stereocenters. The third-order valence-corrected chi connectivity index (χ3v) is 4.02. The highest BCUT2D eigenvalue weighted by Gasteiger charge is 2.32. The van der Waals surface area contributed by atoms with Gasteiger partial charge >= 0.3 is 5.97 Å². The van der Waals surface area contributed by atoms with Crippen molar-refractivity contribution < 1.29 is 19.8 Å². The van der Waals surface area contributed by atoms with Crippen LogP contribution in [0.15, 0.2) is 0 Å². The van der Waals surface area contributed by atoms with Crippen LogP contribution in [0.4, 0.5) is 0 Å². The summed E-state index contributed by atoms with van der Waals surface area (Å²) < 4.78 is 0. The van der Waals surface area contributed by atoms with E-state index in [1.165, 1.54) is 38.5 Å². The highest BCUT2D eigenvalue weighted by Crippen LogP contribution is 2.14. The topological polar surface area (TPSA) is 127 Å². The van der Waals surface area contributed by atoms with Gasteiger partial charge in [0.15, 0.2) is 5.78 Å². The maximum Gasteiger partial charge on any atom is 0.307 e. The Hall–Kier alpha value is -0.980. The Morgan fingerprint density at radius 1 is 0.957 bits per heavy atom. The van der Waals surface area contributed by atoms with Crippen molar-refractivity contribution in [3.05, 3.63) is 0 Å². The molecule has 136 valence electrons. The van der Waals surface area contributed by atoms with Crippen molar-refractivity contribution in [3.8, 4) is 0 Å². The highest BCUT2D eigenvalue weighted by atomic mass is 16.4. The monoisotopic (exact) mass is 330 g/mol. The van der Waals surface area contributed by atoms with Crippen LogP contribution in [0.1, 0.15) is 84.0 Å². The molecule has 23 heavy (non-hydrogen) atoms. The lowest BCUT2D eigenvalue weighted by Gasteiger charge is -2.22. The summed E-state index contributed by atoms with van der Waals surface area (Å²) in [5.41, 5.74) is 9.08. The molecular formula is C17H34N2O4. The number of ketones is 1. The molecule has 0 rings (SSSR count). The van der Waals surface area contributed by atoms with Crippen LogP contribution in [0.2, 0.25) is 0 Å². The fourth-order valence-electron chi connectivity index (χ4n) is 2.55. The Bertz CT molecular complexity index is 345. The molecule has 1 unspecified atom stereocenters. The molecule has 6 nitrogen and oxygen atoms in total. The van der Waals surface area contributed by atoms with Crippen LogP contribution in [0.25, 0.3) is 0 Å². The number of Topliss-reactive ketones (excluding diaryl/α,β-unsaturated/α-hetero) is 1. The summed E-state index contributed by atoms with van der Waals surface area (Å²) in [4.78, 5) is 22.4. The van der Waals surface area contributed by atoms with Crippen molar-refractivity contribution >= 4 is 11.8 Å². The molecule has 0 heterocycles. The number of aliphatic carboxylic acids is 1. The Labute approximate surface area is 139 Å². The van der Waals surface area contributed by atoms with Crippen LogP contribution >= 0.6 is 0 Å². The van der Waals surface area contributed by atoms with E-state index < -0.39 is 29.9 Å². The van der Waals surface area contributed by atoms with Gasteiger partial charge in [0, 0.05) is 6.42 Å². The van der Waals surface area contributed by atoms with Crippen molar-refractivity contribution in [2.45, 2.75) is 95.7 Å². The largest absolute Gasteiger partial charge is 0.481 e. The summed E-state index contributed by atoms with van der Waals surface area (Å²) >= 11 is 0. The van der Waals surface area contributed by atoms with Gasteiger partial charge in [-0.2, -0.15) is 0 Å². The smallest absolute Gasteiger partial charge is 0.307 e. The number of aliphatic hydroxyl groups is 1. The van der Waals surface area contributed by atoms with E-state index in [2.05, 4.69) is 6.92 Å². The van der Waals surface area contributed by atoms with Gasteiger partial charge in [-0.05, 0) is 6.42 Å². The van der Waals surface area contributed by atoms with E-state index in [9.17, 15) is 14.7 Å². The van der Waals surface area contributed by atoms with Crippen molar-refractivity contribution in [3.63, 3.8) is 0 Å². The van der Waals surface area contributed by atoms with E-state index >= 15 is 0 Å². The third-order valence-electron chi connectivity index (χ3n) is 4.02. The van der Waals surface area contributed by atoms with Crippen molar-refractivity contribution in [2.75, 3.05) is 0 Å². The molecule has 0 radical (unpaired) electrons. The molecule has 0 amide bonds. The molecule has 0 saturated heterocycles. The molecule has 0 bridgehead atoms. The normalized spacial score (nSPS) is 13.0. The Balaban J connectivity index is 3.69. The molecule has 0 saturated carbocycles. The maximum atomic E-state index is 11.8. The number of carboxylic acids is 1. The van der Waals surface area contributed by atoms with Gasteiger partial charge in [-0.3, -0.25) is 9.59 Å². The second kappa shape index (κ2) is 12.4. The average molecular weight is 330 g/mol. The first-order valence-electron chi connectivity index (χ1n) is 8.80. The van der Waals surface area contributed by atoms with Crippen LogP contribution in [0.5, 0.6) is 0 Å². The first-order chi connectivity index (χ1) is 10.8. The SMILES string of the molecule is CCCCCCCCCCCC(O)CC(=O)C(N)(N)CC(=O)O. The minimum atomic E-state index is -1.90. The van der Waals surface area contributed by atoms with Crippen LogP contribution in [-0.4, -0.2) is 33.7 Å². The summed E-state index contributed by atoms with van der Waals surface area (Å²) in [7, 11) is 0. The Morgan fingerprint density at radius 2 is 1.43 bits per heavy atom. The van der Waals surface area contributed by atoms with Crippen LogP contribution < -0.4 is 11.5 Å². The molecule has 0 fully saturated rings. The summed E-state index contributed by atoms with van der Waals surface area (Å²) in [6.07, 6.45) is 9.59. The molecule has 0 aliphatic heterocycles. The standard InChI is InChI=1S/C17H34N2O4/c1-2-3-4-5-6-7-8-9-10-11-14(20)12-15(21)17(18,19)13-16(22)23/h14,20H,2-13,18-19H2,1H3,(H,22,23). The van der Waals surface area contributed by atoms with Crippen molar-refractivity contribution in [1.82, 2.24) is 0 Å². The summed E-state index contributed by atoms with van der Waals surface area (Å²) in [6, 6.07) is 0. The molecule has 0 aliphatic carbocycles. The van der Waals surface area contributed by atoms with Gasteiger partial charge < -0.3 is 21.7 Å². The fraction of sp³-hybridized carbons (Fsp3) is 0.882. The van der Waals surface area contributed by atoms with Gasteiger partial charge in [-0.1, -0.05) is 64.7 Å². The van der Waals surface area contributed by atoms with Gasteiger partial charge in [0.2, 0.25) is 0 Å². The van der Waals surface area contributed by atoms with Gasteiger partial charge in [-0.25, -0.2) is 0 Å². The minimum Gasteiger partial charge on any atom is -0.481 e. The lowest BCUT2D eigenvalue weighted by molar-refractivity contribution is -0.141. The van der Waals surface area contributed by atoms with Crippen LogP contribution in [-0.2, 0) is 9.59 Å². The average Bonchev–Trinajstić information content (AvgIpc) is 2.44. The highest BCUT2D eigenvalue weighted by molar-refractivity contribution is 5.91. The van der Waals surface area contributed by atoms with E-state index in [1.807, 2.05) is 0 Å². The zero-order valence-corrected chi connectivity index (χ0v) is 14.4. The van der Waals surface area contributed by atoms with E-state index in [0.29, 0.717) is 6.42 Å². The molecule has 6 heteroatoms. The number of nitrogens with two attached hydrogens (primary N) is 2. The number of hydrogen-bond acceptors (Lipinski definition) is 5. The van der Waals surface area contributed by atoms with E-state index in [4.69, 9.17) is 16.6 Å². The fourth-order valence-corrected chi connectivity index (χ4v) is 2.55. The van der Waals surface area contributed by atoms with Crippen LogP contribution in [0.3, 0.4) is 0 Å². The summed E-state index contributed by atoms with van der Waals surface area (Å²) in [6.45, 7) is 2.21. The quantitative estimate of drug-likeness (QED) is 0.269. The van der Waals surface area contributed by atoms with Gasteiger partial charge in [0.05, 0.1) is 12.5 Å². The first kappa shape index (κ1) is 22.0. The minimum absolute atomic E-state index is 0.183.